The lowest BCUT2D eigenvalue weighted by molar-refractivity contribution is 0.108. The van der Waals surface area contributed by atoms with Crippen LogP contribution in [0.5, 0.6) is 0 Å². The van der Waals surface area contributed by atoms with Crippen LogP contribution in [0.2, 0.25) is 0 Å². The predicted molar refractivity (Wildman–Crippen MR) is 155 cm³/mol. The molecule has 0 aliphatic rings. The zero-order valence-corrected chi connectivity index (χ0v) is 23.3. The van der Waals surface area contributed by atoms with E-state index < -0.39 is 0 Å². The van der Waals surface area contributed by atoms with Gasteiger partial charge in [-0.15, -0.1) is 11.3 Å². The van der Waals surface area contributed by atoms with Crippen molar-refractivity contribution in [3.05, 3.63) is 106 Å². The molecule has 0 saturated carbocycles. The van der Waals surface area contributed by atoms with Crippen molar-refractivity contribution in [2.45, 2.75) is 41.0 Å². The van der Waals surface area contributed by atoms with Gasteiger partial charge in [-0.2, -0.15) is 0 Å². The van der Waals surface area contributed by atoms with Gasteiger partial charge in [-0.25, -0.2) is 4.98 Å². The summed E-state index contributed by atoms with van der Waals surface area (Å²) in [4.78, 5) is 20.7. The van der Waals surface area contributed by atoms with Gasteiger partial charge in [0, 0.05) is 28.9 Å². The summed E-state index contributed by atoms with van der Waals surface area (Å²) < 4.78 is 0. The van der Waals surface area contributed by atoms with Crippen LogP contribution in [0, 0.1) is 20.8 Å². The van der Waals surface area contributed by atoms with Crippen LogP contribution in [0.3, 0.4) is 0 Å². The van der Waals surface area contributed by atoms with Gasteiger partial charge in [-0.05, 0) is 63.5 Å². The Bertz CT molecular complexity index is 1260. The summed E-state index contributed by atoms with van der Waals surface area (Å²) in [5, 5.41) is 13.0. The van der Waals surface area contributed by atoms with Crippen LogP contribution < -0.4 is 10.8 Å². The molecule has 1 unspecified atom stereocenters. The fourth-order valence-electron chi connectivity index (χ4n) is 2.92. The number of thiazole rings is 1. The fraction of sp³-hybridized carbons (Fsp3) is 0.207. The van der Waals surface area contributed by atoms with Crippen LogP contribution in [-0.4, -0.2) is 20.7 Å². The normalized spacial score (nSPS) is 10.2. The Kier molecular flexibility index (Phi) is 12.1. The minimum atomic E-state index is 0.104. The molecule has 0 bridgehead atoms. The summed E-state index contributed by atoms with van der Waals surface area (Å²) in [6, 6.07) is 17.1. The Balaban J connectivity index is 0.000000255. The average Bonchev–Trinajstić information content (AvgIpc) is 3.33. The maximum absolute atomic E-state index is 12.3. The smallest absolute Gasteiger partial charge is 0.185 e. The molecule has 1 atom stereocenters. The molecule has 0 radical (unpaired) electrons. The molecule has 0 amide bonds. The molecule has 2 N–H and O–H groups in total. The lowest BCUT2D eigenvalue weighted by Gasteiger charge is -2.07. The first-order valence-electron chi connectivity index (χ1n) is 11.7. The van der Waals surface area contributed by atoms with Gasteiger partial charge >= 0.3 is 0 Å². The highest BCUT2D eigenvalue weighted by molar-refractivity contribution is 7.66. The van der Waals surface area contributed by atoms with Crippen molar-refractivity contribution in [1.82, 2.24) is 15.4 Å². The van der Waals surface area contributed by atoms with Crippen LogP contribution >= 0.6 is 19.9 Å². The van der Waals surface area contributed by atoms with Gasteiger partial charge in [0.05, 0.1) is 16.4 Å². The number of carbonyl (C=O) groups excluding carboxylic acids is 1. The Morgan fingerprint density at radius 3 is 2.22 bits per heavy atom. The average molecular weight is 520 g/mol. The van der Waals surface area contributed by atoms with Crippen LogP contribution in [0.4, 0.5) is 0 Å². The van der Waals surface area contributed by atoms with Crippen molar-refractivity contribution in [2.75, 3.05) is 0 Å². The number of carbonyl (C=O) groups is 1. The molecule has 2 aromatic carbocycles. The van der Waals surface area contributed by atoms with E-state index in [0.717, 1.165) is 27.1 Å². The molecule has 0 spiro atoms. The van der Waals surface area contributed by atoms with Crippen molar-refractivity contribution in [3.8, 4) is 11.3 Å². The van der Waals surface area contributed by atoms with Crippen LogP contribution in [0.1, 0.15) is 52.3 Å². The zero-order valence-electron chi connectivity index (χ0n) is 21.5. The first-order chi connectivity index (χ1) is 17.3. The third-order valence-corrected chi connectivity index (χ3v) is 6.86. The summed E-state index contributed by atoms with van der Waals surface area (Å²) in [5.74, 6) is 0. The van der Waals surface area contributed by atoms with E-state index in [4.69, 9.17) is 5.21 Å². The van der Waals surface area contributed by atoms with E-state index in [-0.39, 0.29) is 14.1 Å². The highest BCUT2D eigenvalue weighted by Gasteiger charge is 2.08. The number of rotatable bonds is 6. The number of hydrogen-bond donors (Lipinski definition) is 2. The van der Waals surface area contributed by atoms with Crippen LogP contribution in [-0.2, 0) is 0 Å². The predicted octanol–water partition coefficient (Wildman–Crippen LogP) is 7.33. The van der Waals surface area contributed by atoms with Gasteiger partial charge in [0.25, 0.3) is 0 Å². The third kappa shape index (κ3) is 9.12. The number of aromatic nitrogens is 2. The fourth-order valence-corrected chi connectivity index (χ4v) is 4.57. The van der Waals surface area contributed by atoms with Crippen molar-refractivity contribution in [3.63, 3.8) is 0 Å². The second-order valence-corrected chi connectivity index (χ2v) is 10.5. The van der Waals surface area contributed by atoms with Crippen molar-refractivity contribution < 1.29 is 10.0 Å². The van der Waals surface area contributed by atoms with Crippen molar-refractivity contribution in [2.24, 2.45) is 0 Å². The number of hydrogen-bond acceptors (Lipinski definition) is 6. The molecule has 0 aliphatic heterocycles. The molecular formula is C29H34N3O2PS. The lowest BCUT2D eigenvalue weighted by atomic mass is 10.1. The number of nitrogens with one attached hydrogen (secondary N) is 1. The largest absolute Gasteiger partial charge is 0.291 e. The zero-order chi connectivity index (χ0) is 26.5. The SMILES string of the molecule is C=C(NO)c1ccc(C(=O)Pc2ccc(C)c(C)c2)cc1.CCC.Cc1nc(-c2cccnc2)cs1. The number of hydroxylamine groups is 1. The Morgan fingerprint density at radius 2 is 1.69 bits per heavy atom. The van der Waals surface area contributed by atoms with Gasteiger partial charge in [0.2, 0.25) is 0 Å². The Morgan fingerprint density at radius 1 is 1.03 bits per heavy atom. The number of pyridine rings is 1. The maximum Gasteiger partial charge on any atom is 0.185 e. The molecule has 4 aromatic rings. The van der Waals surface area contributed by atoms with Crippen LogP contribution in [0.25, 0.3) is 17.0 Å². The molecule has 0 fully saturated rings. The molecule has 0 aliphatic carbocycles. The maximum atomic E-state index is 12.3. The van der Waals surface area contributed by atoms with Gasteiger partial charge in [-0.1, -0.05) is 69.3 Å². The highest BCUT2D eigenvalue weighted by atomic mass is 32.1. The summed E-state index contributed by atoms with van der Waals surface area (Å²) in [6.45, 7) is 14.0. The summed E-state index contributed by atoms with van der Waals surface area (Å²) in [7, 11) is 0.114. The first-order valence-corrected chi connectivity index (χ1v) is 13.6. The molecule has 0 saturated heterocycles. The minimum absolute atomic E-state index is 0.104. The van der Waals surface area contributed by atoms with E-state index >= 15 is 0 Å². The minimum Gasteiger partial charge on any atom is -0.291 e. The molecule has 4 rings (SSSR count). The topological polar surface area (TPSA) is 75.1 Å². The van der Waals surface area contributed by atoms with Gasteiger partial charge in [0.1, 0.15) is 0 Å². The van der Waals surface area contributed by atoms with E-state index in [1.165, 1.54) is 17.5 Å². The summed E-state index contributed by atoms with van der Waals surface area (Å²) in [6.07, 6.45) is 4.84. The van der Waals surface area contributed by atoms with E-state index in [2.05, 4.69) is 50.3 Å². The van der Waals surface area contributed by atoms with E-state index in [1.807, 2.05) is 48.2 Å². The van der Waals surface area contributed by atoms with Crippen molar-refractivity contribution >= 4 is 36.4 Å². The third-order valence-electron chi connectivity index (χ3n) is 4.97. The van der Waals surface area contributed by atoms with Crippen molar-refractivity contribution in [1.29, 1.82) is 0 Å². The number of aryl methyl sites for hydroxylation is 3. The molecule has 7 heteroatoms. The molecule has 5 nitrogen and oxygen atoms in total. The molecule has 2 heterocycles. The van der Waals surface area contributed by atoms with Gasteiger partial charge in [-0.3, -0.25) is 20.5 Å². The van der Waals surface area contributed by atoms with E-state index in [1.54, 1.807) is 41.8 Å². The Labute approximate surface area is 220 Å². The summed E-state index contributed by atoms with van der Waals surface area (Å²) >= 11 is 1.66. The van der Waals surface area contributed by atoms with E-state index in [9.17, 15) is 4.79 Å². The molecular weight excluding hydrogens is 485 g/mol. The molecule has 188 valence electrons. The van der Waals surface area contributed by atoms with Gasteiger partial charge in [0.15, 0.2) is 5.52 Å². The van der Waals surface area contributed by atoms with Crippen LogP contribution in [0.15, 0.2) is 78.9 Å². The molecule has 36 heavy (non-hydrogen) atoms. The number of nitrogens with zero attached hydrogens (tertiary/aromatic N) is 2. The second-order valence-electron chi connectivity index (χ2n) is 8.12. The number of benzene rings is 2. The summed E-state index contributed by atoms with van der Waals surface area (Å²) in [5.41, 5.74) is 8.47. The standard InChI is InChI=1S/C17H18NO2P.C9H8N2S.C3H8/c1-11-4-9-16(10-12(11)2)21-17(19)15-7-5-14(6-8-15)13(3)18-20;1-7-11-9(6-12-7)8-3-2-4-10-5-8;1-3-2/h4-10,18,20-21H,3H2,1-2H3;2-6H,1H3;3H2,1-2H3. The lowest BCUT2D eigenvalue weighted by Crippen LogP contribution is -2.05. The molecule has 2 aromatic heterocycles. The van der Waals surface area contributed by atoms with E-state index in [0.29, 0.717) is 11.3 Å². The monoisotopic (exact) mass is 519 g/mol. The second kappa shape index (κ2) is 15.0. The first kappa shape index (κ1) is 29.1. The highest BCUT2D eigenvalue weighted by Crippen LogP contribution is 2.22. The van der Waals surface area contributed by atoms with Gasteiger partial charge < -0.3 is 0 Å². The Hall–Kier alpha value is -3.18. The quantitative estimate of drug-likeness (QED) is 0.206.